The Hall–Kier alpha value is -3.22. The van der Waals surface area contributed by atoms with Gasteiger partial charge in [-0.1, -0.05) is 18.2 Å². The fourth-order valence-electron chi connectivity index (χ4n) is 5.87. The zero-order valence-corrected chi connectivity index (χ0v) is 20.9. The van der Waals surface area contributed by atoms with Crippen LogP contribution in [0.1, 0.15) is 51.1 Å². The van der Waals surface area contributed by atoms with Gasteiger partial charge in [0.05, 0.1) is 11.6 Å². The minimum Gasteiger partial charge on any atom is -0.367 e. The molecule has 1 saturated heterocycles. The largest absolute Gasteiger partial charge is 0.367 e. The molecule has 1 aromatic carbocycles. The Balaban J connectivity index is 1.14. The molecule has 0 radical (unpaired) electrons. The highest BCUT2D eigenvalue weighted by atomic mass is 16.8. The van der Waals surface area contributed by atoms with Gasteiger partial charge in [0.15, 0.2) is 5.79 Å². The van der Waals surface area contributed by atoms with Crippen molar-refractivity contribution < 1.29 is 9.47 Å². The van der Waals surface area contributed by atoms with Crippen LogP contribution in [0.15, 0.2) is 72.6 Å². The summed E-state index contributed by atoms with van der Waals surface area (Å²) in [4.78, 5) is 9.55. The molecule has 6 nitrogen and oxygen atoms in total. The fourth-order valence-corrected chi connectivity index (χ4v) is 5.87. The van der Waals surface area contributed by atoms with Gasteiger partial charge in [0.1, 0.15) is 23.7 Å². The minimum atomic E-state index is -0.597. The van der Waals surface area contributed by atoms with Crippen molar-refractivity contribution in [3.63, 3.8) is 0 Å². The molecule has 0 spiro atoms. The number of rotatable bonds is 6. The summed E-state index contributed by atoms with van der Waals surface area (Å²) in [6.45, 7) is 4.02. The van der Waals surface area contributed by atoms with E-state index in [1.807, 2.05) is 26.1 Å². The number of ether oxygens (including phenoxy) is 2. The monoisotopic (exact) mass is 480 g/mol. The van der Waals surface area contributed by atoms with E-state index in [0.29, 0.717) is 6.04 Å². The topological polar surface area (TPSA) is 61.2 Å². The zero-order chi connectivity index (χ0) is 24.3. The van der Waals surface area contributed by atoms with Crippen molar-refractivity contribution in [1.29, 1.82) is 0 Å². The number of nitrogens with one attached hydrogen (secondary N) is 1. The lowest BCUT2D eigenvalue weighted by molar-refractivity contribution is -0.147. The van der Waals surface area contributed by atoms with Crippen LogP contribution in [0.25, 0.3) is 21.9 Å². The van der Waals surface area contributed by atoms with Gasteiger partial charge in [-0.25, -0.2) is 9.97 Å². The van der Waals surface area contributed by atoms with E-state index in [1.54, 1.807) is 0 Å². The Morgan fingerprint density at radius 3 is 2.78 bits per heavy atom. The normalized spacial score (nSPS) is 25.2. The first-order valence-corrected chi connectivity index (χ1v) is 13.2. The third-order valence-electron chi connectivity index (χ3n) is 7.93. The molecule has 0 unspecified atom stereocenters. The van der Waals surface area contributed by atoms with Crippen LogP contribution < -0.4 is 5.32 Å². The second-order valence-corrected chi connectivity index (χ2v) is 10.9. The van der Waals surface area contributed by atoms with Gasteiger partial charge in [0.25, 0.3) is 0 Å². The van der Waals surface area contributed by atoms with Crippen molar-refractivity contribution in [2.24, 2.45) is 0 Å². The van der Waals surface area contributed by atoms with E-state index in [0.717, 1.165) is 35.2 Å². The minimum absolute atomic E-state index is 0.0389. The standard InChI is InChI=1S/C30H32N4O2/c1-30(2)35-27-22(18-25(28(27)36-30)34-16-14-21-5-4-15-31-29(21)34)11-9-19-8-10-20-12-13-26(33-24(20)17-19)32-23-6-3-7-23/h4-5,8,10,12-18,23,25,27-28H,3,6-7,9,11H2,1-2H3,(H,32,33)/t25-,27-,28+/m1/s1. The maximum atomic E-state index is 6.42. The van der Waals surface area contributed by atoms with Gasteiger partial charge in [-0.15, -0.1) is 0 Å². The molecule has 1 saturated carbocycles. The van der Waals surface area contributed by atoms with Gasteiger partial charge < -0.3 is 19.4 Å². The predicted molar refractivity (Wildman–Crippen MR) is 142 cm³/mol. The predicted octanol–water partition coefficient (Wildman–Crippen LogP) is 6.18. The second-order valence-electron chi connectivity index (χ2n) is 10.9. The highest BCUT2D eigenvalue weighted by Gasteiger charge is 2.50. The molecule has 1 aliphatic heterocycles. The Kier molecular flexibility index (Phi) is 5.15. The molecule has 1 N–H and O–H groups in total. The van der Waals surface area contributed by atoms with Crippen LogP contribution in [-0.2, 0) is 15.9 Å². The highest BCUT2D eigenvalue weighted by molar-refractivity contribution is 5.81. The van der Waals surface area contributed by atoms with Gasteiger partial charge in [-0.05, 0) is 93.5 Å². The molecule has 6 heteroatoms. The summed E-state index contributed by atoms with van der Waals surface area (Å²) >= 11 is 0. The van der Waals surface area contributed by atoms with E-state index in [-0.39, 0.29) is 18.2 Å². The summed E-state index contributed by atoms with van der Waals surface area (Å²) in [5, 5.41) is 5.89. The van der Waals surface area contributed by atoms with Crippen LogP contribution in [0.5, 0.6) is 0 Å². The summed E-state index contributed by atoms with van der Waals surface area (Å²) in [5.74, 6) is 0.389. The van der Waals surface area contributed by atoms with Gasteiger partial charge in [0, 0.05) is 29.2 Å². The molecule has 0 bridgehead atoms. The van der Waals surface area contributed by atoms with Crippen LogP contribution in [0, 0.1) is 0 Å². The molecular formula is C30H32N4O2. The molecule has 4 heterocycles. The first-order chi connectivity index (χ1) is 17.5. The maximum absolute atomic E-state index is 6.42. The van der Waals surface area contributed by atoms with Crippen molar-refractivity contribution in [1.82, 2.24) is 14.5 Å². The van der Waals surface area contributed by atoms with E-state index < -0.39 is 5.79 Å². The zero-order valence-electron chi connectivity index (χ0n) is 20.9. The van der Waals surface area contributed by atoms with Crippen LogP contribution in [0.3, 0.4) is 0 Å². The SMILES string of the molecule is CC1(C)O[C@@H]2[C@H](O1)C(CCc1ccc3ccc(NC4CCC4)nc3c1)=C[C@H]2n1ccc2cccnc21. The molecule has 3 aliphatic rings. The van der Waals surface area contributed by atoms with Gasteiger partial charge in [-0.2, -0.15) is 0 Å². The Morgan fingerprint density at radius 2 is 1.92 bits per heavy atom. The van der Waals surface area contributed by atoms with Gasteiger partial charge >= 0.3 is 0 Å². The maximum Gasteiger partial charge on any atom is 0.164 e. The molecule has 2 aliphatic carbocycles. The molecule has 4 aromatic rings. The lowest BCUT2D eigenvalue weighted by Crippen LogP contribution is -2.27. The molecule has 184 valence electrons. The van der Waals surface area contributed by atoms with Gasteiger partial charge in [0.2, 0.25) is 0 Å². The van der Waals surface area contributed by atoms with Crippen LogP contribution >= 0.6 is 0 Å². The highest BCUT2D eigenvalue weighted by Crippen LogP contribution is 2.45. The molecule has 0 amide bonds. The van der Waals surface area contributed by atoms with Crippen molar-refractivity contribution in [3.05, 3.63) is 78.1 Å². The third kappa shape index (κ3) is 3.89. The van der Waals surface area contributed by atoms with Gasteiger partial charge in [-0.3, -0.25) is 0 Å². The quantitative estimate of drug-likeness (QED) is 0.334. The first-order valence-electron chi connectivity index (χ1n) is 13.2. The first kappa shape index (κ1) is 22.0. The van der Waals surface area contributed by atoms with E-state index in [4.69, 9.17) is 14.5 Å². The van der Waals surface area contributed by atoms with Crippen LogP contribution in [0.2, 0.25) is 0 Å². The second kappa shape index (κ2) is 8.43. The number of aromatic nitrogens is 3. The number of hydrogen-bond donors (Lipinski definition) is 1. The molecular weight excluding hydrogens is 448 g/mol. The average molecular weight is 481 g/mol. The Bertz CT molecular complexity index is 1470. The molecule has 2 fully saturated rings. The van der Waals surface area contributed by atoms with E-state index in [9.17, 15) is 0 Å². The number of fused-ring (bicyclic) bond motifs is 3. The van der Waals surface area contributed by atoms with E-state index in [2.05, 4.69) is 69.6 Å². The number of benzene rings is 1. The lowest BCUT2D eigenvalue weighted by Gasteiger charge is -2.26. The number of nitrogens with zero attached hydrogens (tertiary/aromatic N) is 3. The van der Waals surface area contributed by atoms with Crippen molar-refractivity contribution in [3.8, 4) is 0 Å². The Morgan fingerprint density at radius 1 is 1.03 bits per heavy atom. The number of anilines is 1. The van der Waals surface area contributed by atoms with E-state index >= 15 is 0 Å². The van der Waals surface area contributed by atoms with E-state index in [1.165, 1.54) is 35.8 Å². The summed E-state index contributed by atoms with van der Waals surface area (Å²) in [7, 11) is 0. The van der Waals surface area contributed by atoms with Crippen molar-refractivity contribution in [2.45, 2.75) is 76.0 Å². The number of hydrogen-bond acceptors (Lipinski definition) is 5. The third-order valence-corrected chi connectivity index (χ3v) is 7.93. The molecule has 3 atom stereocenters. The molecule has 3 aromatic heterocycles. The summed E-state index contributed by atoms with van der Waals surface area (Å²) < 4.78 is 15.1. The van der Waals surface area contributed by atoms with Crippen LogP contribution in [-0.4, -0.2) is 38.6 Å². The summed E-state index contributed by atoms with van der Waals surface area (Å²) in [6, 6.07) is 17.8. The number of aryl methyl sites for hydroxylation is 1. The average Bonchev–Trinajstić information content (AvgIpc) is 3.50. The molecule has 7 rings (SSSR count). The Labute approximate surface area is 211 Å². The van der Waals surface area contributed by atoms with Crippen molar-refractivity contribution >= 4 is 27.8 Å². The van der Waals surface area contributed by atoms with Crippen molar-refractivity contribution in [2.75, 3.05) is 5.32 Å². The fraction of sp³-hybridized carbons (Fsp3) is 0.400. The number of pyridine rings is 2. The molecule has 36 heavy (non-hydrogen) atoms. The van der Waals surface area contributed by atoms with Crippen LogP contribution in [0.4, 0.5) is 5.82 Å². The summed E-state index contributed by atoms with van der Waals surface area (Å²) in [6.07, 6.45) is 11.9. The lowest BCUT2D eigenvalue weighted by atomic mass is 9.93. The summed E-state index contributed by atoms with van der Waals surface area (Å²) in [5.41, 5.74) is 4.64. The smallest absolute Gasteiger partial charge is 0.164 e.